The number of hydrogen-bond donors (Lipinski definition) is 5. The van der Waals surface area contributed by atoms with Gasteiger partial charge in [0.25, 0.3) is 0 Å². The monoisotopic (exact) mass is 369 g/mol. The minimum Gasteiger partial charge on any atom is -0.395 e. The molecule has 0 aliphatic carbocycles. The van der Waals surface area contributed by atoms with E-state index in [9.17, 15) is 29.6 Å². The van der Waals surface area contributed by atoms with Gasteiger partial charge in [-0.25, -0.2) is 4.98 Å². The van der Waals surface area contributed by atoms with Crippen LogP contribution in [-0.2, 0) is 4.79 Å². The Bertz CT molecular complexity index is 627. The van der Waals surface area contributed by atoms with Gasteiger partial charge in [0.05, 0.1) is 12.6 Å². The van der Waals surface area contributed by atoms with Gasteiger partial charge in [-0.05, 0) is 24.6 Å². The largest absolute Gasteiger partial charge is 0.395 e. The summed E-state index contributed by atoms with van der Waals surface area (Å²) in [6.45, 7) is 1.64. The average molecular weight is 369 g/mol. The van der Waals surface area contributed by atoms with Crippen molar-refractivity contribution in [2.45, 2.75) is 37.3 Å². The van der Waals surface area contributed by atoms with Gasteiger partial charge in [0, 0.05) is 19.3 Å². The van der Waals surface area contributed by atoms with E-state index in [2.05, 4.69) is 10.3 Å². The van der Waals surface area contributed by atoms with Crippen LogP contribution in [0.1, 0.15) is 12.5 Å². The lowest BCUT2D eigenvalue weighted by Crippen LogP contribution is -2.70. The van der Waals surface area contributed by atoms with Gasteiger partial charge in [0.15, 0.2) is 0 Å². The minimum atomic E-state index is -1.55. The van der Waals surface area contributed by atoms with Crippen molar-refractivity contribution < 1.29 is 29.6 Å². The molecule has 0 unspecified atom stereocenters. The molecule has 1 saturated heterocycles. The van der Waals surface area contributed by atoms with E-state index in [1.165, 1.54) is 23.2 Å². The second kappa shape index (κ2) is 9.15. The number of aliphatic hydroxyl groups is 4. The van der Waals surface area contributed by atoms with Crippen LogP contribution in [0.4, 0.5) is 4.39 Å². The Balaban J connectivity index is 2.22. The Kier molecular flexibility index (Phi) is 7.18. The number of nitrogens with one attached hydrogen (secondary N) is 1. The Labute approximate surface area is 150 Å². The maximum atomic E-state index is 12.8. The molecule has 1 amide bonds. The zero-order chi connectivity index (χ0) is 19.3. The molecule has 144 valence electrons. The lowest BCUT2D eigenvalue weighted by molar-refractivity contribution is -0.176. The molecule has 9 heteroatoms. The fraction of sp³-hybridized carbons (Fsp3) is 0.529. The summed E-state index contributed by atoms with van der Waals surface area (Å²) in [4.78, 5) is 17.3. The van der Waals surface area contributed by atoms with Crippen molar-refractivity contribution in [2.75, 3.05) is 19.7 Å². The number of pyridine rings is 1. The first kappa shape index (κ1) is 20.4. The molecule has 1 fully saturated rings. The number of amides is 1. The fourth-order valence-electron chi connectivity index (χ4n) is 3.06. The van der Waals surface area contributed by atoms with E-state index in [0.29, 0.717) is 12.1 Å². The van der Waals surface area contributed by atoms with Crippen molar-refractivity contribution >= 4 is 12.0 Å². The standard InChI is InChI=1S/C17H24FN3O5/c1-2-19-17(26)13-15(24)16(25)14(23)11(9-22)21(13)7-3-4-10-5-6-12(18)20-8-10/h3-6,8,11,13-16,22-25H,2,7,9H2,1H3,(H,19,26)/t11-,13+,14-,15-,16+/m1/s1. The first-order valence-electron chi connectivity index (χ1n) is 8.37. The van der Waals surface area contributed by atoms with Crippen LogP contribution in [-0.4, -0.2) is 86.3 Å². The van der Waals surface area contributed by atoms with E-state index in [-0.39, 0.29) is 6.54 Å². The molecule has 5 atom stereocenters. The van der Waals surface area contributed by atoms with Crippen LogP contribution in [0.3, 0.4) is 0 Å². The van der Waals surface area contributed by atoms with Crippen LogP contribution in [0.25, 0.3) is 6.08 Å². The number of likely N-dealkylation sites (N-methyl/N-ethyl adjacent to an activating group) is 1. The van der Waals surface area contributed by atoms with Crippen molar-refractivity contribution in [2.24, 2.45) is 0 Å². The Morgan fingerprint density at radius 1 is 1.31 bits per heavy atom. The predicted molar refractivity (Wildman–Crippen MR) is 91.3 cm³/mol. The lowest BCUT2D eigenvalue weighted by atomic mass is 9.87. The molecule has 0 bridgehead atoms. The van der Waals surface area contributed by atoms with E-state index >= 15 is 0 Å². The number of piperidine rings is 1. The summed E-state index contributed by atoms with van der Waals surface area (Å²) < 4.78 is 12.8. The molecule has 8 nitrogen and oxygen atoms in total. The Hall–Kier alpha value is -1.91. The summed E-state index contributed by atoms with van der Waals surface area (Å²) in [5, 5.41) is 42.6. The third kappa shape index (κ3) is 4.43. The molecule has 0 spiro atoms. The zero-order valence-corrected chi connectivity index (χ0v) is 14.4. The summed E-state index contributed by atoms with van der Waals surface area (Å²) in [6.07, 6.45) is 0.129. The molecule has 26 heavy (non-hydrogen) atoms. The van der Waals surface area contributed by atoms with Crippen LogP contribution < -0.4 is 5.32 Å². The highest BCUT2D eigenvalue weighted by molar-refractivity contribution is 5.82. The van der Waals surface area contributed by atoms with Gasteiger partial charge in [-0.3, -0.25) is 9.69 Å². The molecule has 5 N–H and O–H groups in total. The molecule has 1 aliphatic heterocycles. The van der Waals surface area contributed by atoms with Crippen LogP contribution in [0.5, 0.6) is 0 Å². The van der Waals surface area contributed by atoms with Crippen LogP contribution in [0.2, 0.25) is 0 Å². The number of halogens is 1. The third-order valence-corrected chi connectivity index (χ3v) is 4.38. The fourth-order valence-corrected chi connectivity index (χ4v) is 3.06. The van der Waals surface area contributed by atoms with Crippen molar-refractivity contribution in [3.05, 3.63) is 35.9 Å². The molecule has 1 aromatic heterocycles. The second-order valence-corrected chi connectivity index (χ2v) is 6.07. The molecular formula is C17H24FN3O5. The van der Waals surface area contributed by atoms with Gasteiger partial charge in [0.2, 0.25) is 11.9 Å². The molecule has 0 radical (unpaired) electrons. The average Bonchev–Trinajstić information content (AvgIpc) is 2.62. The second-order valence-electron chi connectivity index (χ2n) is 6.07. The molecule has 1 aliphatic rings. The number of carbonyl (C=O) groups excluding carboxylic acids is 1. The highest BCUT2D eigenvalue weighted by atomic mass is 19.1. The van der Waals surface area contributed by atoms with Crippen molar-refractivity contribution in [3.63, 3.8) is 0 Å². The van der Waals surface area contributed by atoms with Crippen LogP contribution >= 0.6 is 0 Å². The number of likely N-dealkylation sites (tertiary alicyclic amines) is 1. The maximum absolute atomic E-state index is 12.8. The number of rotatable bonds is 6. The van der Waals surface area contributed by atoms with Crippen LogP contribution in [0.15, 0.2) is 24.4 Å². The molecule has 0 aromatic carbocycles. The molecule has 1 aromatic rings. The quantitative estimate of drug-likeness (QED) is 0.386. The molecular weight excluding hydrogens is 345 g/mol. The first-order valence-corrected chi connectivity index (χ1v) is 8.37. The predicted octanol–water partition coefficient (Wildman–Crippen LogP) is -1.50. The van der Waals surface area contributed by atoms with Gasteiger partial charge in [-0.2, -0.15) is 4.39 Å². The van der Waals surface area contributed by atoms with Crippen molar-refractivity contribution in [1.82, 2.24) is 15.2 Å². The highest BCUT2D eigenvalue weighted by Crippen LogP contribution is 2.25. The smallest absolute Gasteiger partial charge is 0.240 e. The topological polar surface area (TPSA) is 126 Å². The maximum Gasteiger partial charge on any atom is 0.240 e. The molecule has 2 heterocycles. The van der Waals surface area contributed by atoms with E-state index in [1.807, 2.05) is 0 Å². The number of nitrogens with zero attached hydrogens (tertiary/aromatic N) is 2. The van der Waals surface area contributed by atoms with Crippen LogP contribution in [0, 0.1) is 5.95 Å². The third-order valence-electron chi connectivity index (χ3n) is 4.38. The molecule has 0 saturated carbocycles. The summed E-state index contributed by atoms with van der Waals surface area (Å²) in [6, 6.07) is 0.657. The van der Waals surface area contributed by atoms with Crippen molar-refractivity contribution in [3.8, 4) is 0 Å². The number of aromatic nitrogens is 1. The van der Waals surface area contributed by atoms with Crippen molar-refractivity contribution in [1.29, 1.82) is 0 Å². The van der Waals surface area contributed by atoms with E-state index in [0.717, 1.165) is 0 Å². The van der Waals surface area contributed by atoms with Gasteiger partial charge in [-0.15, -0.1) is 0 Å². The summed E-state index contributed by atoms with van der Waals surface area (Å²) in [7, 11) is 0. The van der Waals surface area contributed by atoms with Gasteiger partial charge in [-0.1, -0.05) is 12.2 Å². The highest BCUT2D eigenvalue weighted by Gasteiger charge is 2.49. The normalized spacial score (nSPS) is 29.8. The zero-order valence-electron chi connectivity index (χ0n) is 14.4. The Morgan fingerprint density at radius 3 is 2.62 bits per heavy atom. The minimum absolute atomic E-state index is 0.102. The van der Waals surface area contributed by atoms with E-state index in [1.54, 1.807) is 19.1 Å². The van der Waals surface area contributed by atoms with E-state index < -0.39 is 48.9 Å². The van der Waals surface area contributed by atoms with E-state index in [4.69, 9.17) is 0 Å². The van der Waals surface area contributed by atoms with Gasteiger partial charge >= 0.3 is 0 Å². The lowest BCUT2D eigenvalue weighted by Gasteiger charge is -2.47. The summed E-state index contributed by atoms with van der Waals surface area (Å²) in [5.41, 5.74) is 0.625. The number of hydrogen-bond acceptors (Lipinski definition) is 7. The van der Waals surface area contributed by atoms with Gasteiger partial charge < -0.3 is 25.7 Å². The SMILES string of the molecule is CCNC(=O)[C@@H]1[C@@H](O)[C@@H](O)[C@H](O)[C@@H](CO)N1CC=Cc1ccc(F)nc1. The van der Waals surface area contributed by atoms with Gasteiger partial charge in [0.1, 0.15) is 24.4 Å². The summed E-state index contributed by atoms with van der Waals surface area (Å²) >= 11 is 0. The first-order chi connectivity index (χ1) is 12.4. The summed E-state index contributed by atoms with van der Waals surface area (Å²) in [5.74, 6) is -1.11. The number of aliphatic hydroxyl groups excluding tert-OH is 4. The molecule has 2 rings (SSSR count). The Morgan fingerprint density at radius 2 is 2.04 bits per heavy atom. The number of carbonyl (C=O) groups is 1.